The first-order valence-corrected chi connectivity index (χ1v) is 9.44. The standard InChI is InChI=1S/C18H24N2O3S/c1-20(24(21,22)18-8-4-2-5-9-18)14-6-3-7-15-23-17-12-10-16(19)11-13-17/h2,4-5,8-13H,3,6-7,14-15,19H2,1H3. The van der Waals surface area contributed by atoms with Crippen LogP contribution in [0.25, 0.3) is 0 Å². The van der Waals surface area contributed by atoms with E-state index in [1.807, 2.05) is 12.1 Å². The van der Waals surface area contributed by atoms with Crippen molar-refractivity contribution in [1.82, 2.24) is 4.31 Å². The van der Waals surface area contributed by atoms with Gasteiger partial charge in [-0.15, -0.1) is 0 Å². The molecule has 24 heavy (non-hydrogen) atoms. The lowest BCUT2D eigenvalue weighted by Crippen LogP contribution is -2.28. The number of benzene rings is 2. The highest BCUT2D eigenvalue weighted by molar-refractivity contribution is 7.89. The Kier molecular flexibility index (Phi) is 6.63. The third-order valence-corrected chi connectivity index (χ3v) is 5.59. The Labute approximate surface area is 144 Å². The molecule has 2 aromatic carbocycles. The third kappa shape index (κ3) is 5.25. The summed E-state index contributed by atoms with van der Waals surface area (Å²) in [7, 11) is -1.77. The van der Waals surface area contributed by atoms with Gasteiger partial charge in [0, 0.05) is 19.3 Å². The molecular formula is C18H24N2O3S. The third-order valence-electron chi connectivity index (χ3n) is 3.72. The molecule has 0 atom stereocenters. The van der Waals surface area contributed by atoms with E-state index in [1.54, 1.807) is 49.5 Å². The fraction of sp³-hybridized carbons (Fsp3) is 0.333. The van der Waals surface area contributed by atoms with Gasteiger partial charge in [0.2, 0.25) is 10.0 Å². The van der Waals surface area contributed by atoms with Crippen molar-refractivity contribution in [3.63, 3.8) is 0 Å². The predicted molar refractivity (Wildman–Crippen MR) is 96.5 cm³/mol. The second-order valence-electron chi connectivity index (χ2n) is 5.62. The number of ether oxygens (including phenoxy) is 1. The highest BCUT2D eigenvalue weighted by Crippen LogP contribution is 2.15. The lowest BCUT2D eigenvalue weighted by atomic mass is 10.2. The van der Waals surface area contributed by atoms with Gasteiger partial charge in [0.15, 0.2) is 0 Å². The zero-order valence-corrected chi connectivity index (χ0v) is 14.7. The Bertz CT molecular complexity index is 716. The maximum atomic E-state index is 12.4. The van der Waals surface area contributed by atoms with Crippen molar-refractivity contribution >= 4 is 15.7 Å². The summed E-state index contributed by atoms with van der Waals surface area (Å²) >= 11 is 0. The molecule has 0 spiro atoms. The average molecular weight is 348 g/mol. The number of anilines is 1. The van der Waals surface area contributed by atoms with Crippen molar-refractivity contribution in [3.8, 4) is 5.75 Å². The molecule has 2 N–H and O–H groups in total. The van der Waals surface area contributed by atoms with Crippen molar-refractivity contribution in [1.29, 1.82) is 0 Å². The van der Waals surface area contributed by atoms with Gasteiger partial charge in [0.1, 0.15) is 5.75 Å². The summed E-state index contributed by atoms with van der Waals surface area (Å²) in [5.74, 6) is 0.799. The molecule has 0 bridgehead atoms. The number of rotatable bonds is 9. The van der Waals surface area contributed by atoms with Gasteiger partial charge in [0.25, 0.3) is 0 Å². The molecule has 0 aliphatic rings. The Morgan fingerprint density at radius 1 is 0.958 bits per heavy atom. The lowest BCUT2D eigenvalue weighted by molar-refractivity contribution is 0.303. The van der Waals surface area contributed by atoms with Crippen LogP contribution in [0.1, 0.15) is 19.3 Å². The minimum absolute atomic E-state index is 0.333. The van der Waals surface area contributed by atoms with Crippen LogP contribution in [-0.2, 0) is 10.0 Å². The predicted octanol–water partition coefficient (Wildman–Crippen LogP) is 3.14. The van der Waals surface area contributed by atoms with Crippen LogP contribution in [0.15, 0.2) is 59.5 Å². The monoisotopic (exact) mass is 348 g/mol. The summed E-state index contributed by atoms with van der Waals surface area (Å²) in [4.78, 5) is 0.333. The summed E-state index contributed by atoms with van der Waals surface area (Å²) in [6.07, 6.45) is 2.58. The maximum Gasteiger partial charge on any atom is 0.242 e. The molecular weight excluding hydrogens is 324 g/mol. The fourth-order valence-electron chi connectivity index (χ4n) is 2.26. The number of nitrogens with zero attached hydrogens (tertiary/aromatic N) is 1. The minimum atomic E-state index is -3.39. The molecule has 0 saturated carbocycles. The fourth-order valence-corrected chi connectivity index (χ4v) is 3.49. The normalized spacial score (nSPS) is 11.6. The van der Waals surface area contributed by atoms with Gasteiger partial charge in [-0.05, 0) is 55.7 Å². The van der Waals surface area contributed by atoms with E-state index in [0.29, 0.717) is 23.7 Å². The molecule has 0 aromatic heterocycles. The van der Waals surface area contributed by atoms with Gasteiger partial charge in [0.05, 0.1) is 11.5 Å². The number of sulfonamides is 1. The molecule has 5 nitrogen and oxygen atoms in total. The molecule has 130 valence electrons. The van der Waals surface area contributed by atoms with Crippen LogP contribution in [0, 0.1) is 0 Å². The van der Waals surface area contributed by atoms with E-state index in [-0.39, 0.29) is 0 Å². The molecule has 2 rings (SSSR count). The van der Waals surface area contributed by atoms with Crippen molar-refractivity contribution in [2.24, 2.45) is 0 Å². The lowest BCUT2D eigenvalue weighted by Gasteiger charge is -2.17. The molecule has 0 heterocycles. The summed E-state index contributed by atoms with van der Waals surface area (Å²) < 4.78 is 31.7. The van der Waals surface area contributed by atoms with Crippen LogP contribution in [0.5, 0.6) is 5.75 Å². The average Bonchev–Trinajstić information content (AvgIpc) is 2.60. The Balaban J connectivity index is 1.67. The van der Waals surface area contributed by atoms with Crippen LogP contribution < -0.4 is 10.5 Å². The molecule has 0 fully saturated rings. The minimum Gasteiger partial charge on any atom is -0.494 e. The molecule has 0 saturated heterocycles. The van der Waals surface area contributed by atoms with Crippen molar-refractivity contribution in [2.75, 3.05) is 25.9 Å². The number of nitrogens with two attached hydrogens (primary N) is 1. The molecule has 0 aliphatic carbocycles. The highest BCUT2D eigenvalue weighted by Gasteiger charge is 2.19. The first-order chi connectivity index (χ1) is 11.5. The van der Waals surface area contributed by atoms with Crippen LogP contribution in [0.4, 0.5) is 5.69 Å². The van der Waals surface area contributed by atoms with Crippen molar-refractivity contribution in [3.05, 3.63) is 54.6 Å². The Morgan fingerprint density at radius 3 is 2.29 bits per heavy atom. The van der Waals surface area contributed by atoms with Gasteiger partial charge < -0.3 is 10.5 Å². The summed E-state index contributed by atoms with van der Waals surface area (Å²) in [5.41, 5.74) is 6.33. The zero-order valence-electron chi connectivity index (χ0n) is 13.9. The largest absolute Gasteiger partial charge is 0.494 e. The Morgan fingerprint density at radius 2 is 1.62 bits per heavy atom. The van der Waals surface area contributed by atoms with Gasteiger partial charge in [-0.1, -0.05) is 18.2 Å². The van der Waals surface area contributed by atoms with E-state index >= 15 is 0 Å². The molecule has 2 aromatic rings. The highest BCUT2D eigenvalue weighted by atomic mass is 32.2. The van der Waals surface area contributed by atoms with Gasteiger partial charge in [-0.2, -0.15) is 0 Å². The van der Waals surface area contributed by atoms with E-state index < -0.39 is 10.0 Å². The maximum absolute atomic E-state index is 12.4. The zero-order chi connectivity index (χ0) is 17.4. The first-order valence-electron chi connectivity index (χ1n) is 8.00. The van der Waals surface area contributed by atoms with Gasteiger partial charge in [-0.3, -0.25) is 0 Å². The molecule has 0 unspecified atom stereocenters. The molecule has 0 amide bonds. The number of hydrogen-bond acceptors (Lipinski definition) is 4. The summed E-state index contributed by atoms with van der Waals surface area (Å²) in [6, 6.07) is 15.8. The number of hydrogen-bond donors (Lipinski definition) is 1. The second-order valence-corrected chi connectivity index (χ2v) is 7.66. The van der Waals surface area contributed by atoms with Crippen LogP contribution >= 0.6 is 0 Å². The van der Waals surface area contributed by atoms with Crippen LogP contribution in [0.3, 0.4) is 0 Å². The Hall–Kier alpha value is -2.05. The summed E-state index contributed by atoms with van der Waals surface area (Å²) in [5, 5.41) is 0. The number of nitrogen functional groups attached to an aromatic ring is 1. The first kappa shape index (κ1) is 18.3. The van der Waals surface area contributed by atoms with E-state index in [4.69, 9.17) is 10.5 Å². The van der Waals surface area contributed by atoms with E-state index in [0.717, 1.165) is 25.0 Å². The SMILES string of the molecule is CN(CCCCCOc1ccc(N)cc1)S(=O)(=O)c1ccccc1. The smallest absolute Gasteiger partial charge is 0.242 e. The number of unbranched alkanes of at least 4 members (excludes halogenated alkanes) is 2. The summed E-state index contributed by atoms with van der Waals surface area (Å²) in [6.45, 7) is 1.11. The van der Waals surface area contributed by atoms with Crippen molar-refractivity contribution in [2.45, 2.75) is 24.2 Å². The van der Waals surface area contributed by atoms with Crippen molar-refractivity contribution < 1.29 is 13.2 Å². The second kappa shape index (κ2) is 8.70. The van der Waals surface area contributed by atoms with E-state index in [2.05, 4.69) is 0 Å². The van der Waals surface area contributed by atoms with E-state index in [1.165, 1.54) is 4.31 Å². The topological polar surface area (TPSA) is 72.6 Å². The van der Waals surface area contributed by atoms with Gasteiger partial charge in [-0.25, -0.2) is 12.7 Å². The van der Waals surface area contributed by atoms with Crippen LogP contribution in [-0.4, -0.2) is 32.9 Å². The molecule has 0 aliphatic heterocycles. The van der Waals surface area contributed by atoms with Crippen LogP contribution in [0.2, 0.25) is 0 Å². The molecule has 6 heteroatoms. The van der Waals surface area contributed by atoms with E-state index in [9.17, 15) is 8.42 Å². The molecule has 0 radical (unpaired) electrons. The van der Waals surface area contributed by atoms with Gasteiger partial charge >= 0.3 is 0 Å². The quantitative estimate of drug-likeness (QED) is 0.558.